The molecule has 3 heterocycles. The van der Waals surface area contributed by atoms with Crippen molar-refractivity contribution >= 4 is 43.6 Å². The smallest absolute Gasteiger partial charge is 0.309 e. The van der Waals surface area contributed by atoms with E-state index in [1.54, 1.807) is 72.9 Å². The second-order valence-electron chi connectivity index (χ2n) is 11.4. The van der Waals surface area contributed by atoms with Crippen LogP contribution in [0.2, 0.25) is 0 Å². The van der Waals surface area contributed by atoms with Gasteiger partial charge in [-0.2, -0.15) is 31.6 Å². The molecule has 0 amide bonds. The molecule has 3 aromatic heterocycles. The third-order valence-corrected chi connectivity index (χ3v) is 8.65. The van der Waals surface area contributed by atoms with Crippen molar-refractivity contribution in [3.05, 3.63) is 138 Å². The summed E-state index contributed by atoms with van der Waals surface area (Å²) >= 11 is 0. The molecule has 0 N–H and O–H groups in total. The quantitative estimate of drug-likeness (QED) is 0.179. The topological polar surface area (TPSA) is 46.5 Å². The summed E-state index contributed by atoms with van der Waals surface area (Å²) in [6, 6.07) is 32.2. The Morgan fingerprint density at radius 3 is 1.58 bits per heavy atom. The average Bonchev–Trinajstić information content (AvgIpc) is 3.59. The molecule has 0 aliphatic carbocycles. The number of nitriles is 1. The fourth-order valence-corrected chi connectivity index (χ4v) is 6.59. The average molecular weight is 647 g/mol. The molecule has 10 heteroatoms. The van der Waals surface area contributed by atoms with E-state index in [2.05, 4.69) is 6.07 Å². The molecule has 0 aliphatic rings. The van der Waals surface area contributed by atoms with Crippen LogP contribution in [0.3, 0.4) is 0 Å². The van der Waals surface area contributed by atoms with E-state index in [9.17, 15) is 31.6 Å². The summed E-state index contributed by atoms with van der Waals surface area (Å²) in [4.78, 5) is 4.76. The fraction of sp³-hybridized carbons (Fsp3) is 0.0526. The standard InChI is InChI=1S/C38H20F6N4/c39-37(40,41)23-12-15-32-27(19-23)25-6-1-3-8-30(25)47(32)34-14-11-22(21-45)18-29(34)36-35(10-5-17-46-36)48-31-9-4-2-7-26(31)28-20-24(38(42,43)44)13-16-33(28)48/h1-20H. The van der Waals surface area contributed by atoms with Crippen LogP contribution in [0.5, 0.6) is 0 Å². The minimum Gasteiger partial charge on any atom is -0.309 e. The number of hydrogen-bond donors (Lipinski definition) is 0. The molecule has 0 spiro atoms. The lowest BCUT2D eigenvalue weighted by Gasteiger charge is -2.18. The molecule has 0 aliphatic heterocycles. The highest BCUT2D eigenvalue weighted by Crippen LogP contribution is 2.42. The van der Waals surface area contributed by atoms with Crippen molar-refractivity contribution in [3.63, 3.8) is 0 Å². The summed E-state index contributed by atoms with van der Waals surface area (Å²) in [5, 5.41) is 12.0. The second kappa shape index (κ2) is 10.5. The van der Waals surface area contributed by atoms with Crippen molar-refractivity contribution in [2.24, 2.45) is 0 Å². The summed E-state index contributed by atoms with van der Waals surface area (Å²) < 4.78 is 86.4. The zero-order valence-corrected chi connectivity index (χ0v) is 24.6. The first kappa shape index (κ1) is 29.3. The van der Waals surface area contributed by atoms with E-state index in [0.717, 1.165) is 24.3 Å². The van der Waals surface area contributed by atoms with E-state index in [-0.39, 0.29) is 0 Å². The third kappa shape index (κ3) is 4.50. The van der Waals surface area contributed by atoms with Crippen LogP contribution >= 0.6 is 0 Å². The first-order chi connectivity index (χ1) is 23.0. The number of hydrogen-bond acceptors (Lipinski definition) is 2. The second-order valence-corrected chi connectivity index (χ2v) is 11.4. The number of pyridine rings is 1. The maximum atomic E-state index is 13.8. The molecule has 234 valence electrons. The van der Waals surface area contributed by atoms with E-state index in [1.165, 1.54) is 12.1 Å². The van der Waals surface area contributed by atoms with Crippen molar-refractivity contribution in [1.29, 1.82) is 5.26 Å². The van der Waals surface area contributed by atoms with Gasteiger partial charge in [0, 0.05) is 33.3 Å². The molecule has 48 heavy (non-hydrogen) atoms. The van der Waals surface area contributed by atoms with Crippen LogP contribution in [0.25, 0.3) is 66.2 Å². The minimum absolute atomic E-state index is 0.322. The Bertz CT molecular complexity index is 2620. The molecule has 0 bridgehead atoms. The van der Waals surface area contributed by atoms with Gasteiger partial charge in [-0.3, -0.25) is 4.98 Å². The van der Waals surface area contributed by atoms with Crippen LogP contribution in [-0.4, -0.2) is 14.1 Å². The van der Waals surface area contributed by atoms with Crippen LogP contribution in [0.1, 0.15) is 16.7 Å². The van der Waals surface area contributed by atoms with E-state index in [0.29, 0.717) is 71.8 Å². The summed E-state index contributed by atoms with van der Waals surface area (Å²) in [5.74, 6) is 0. The number of halogens is 6. The van der Waals surface area contributed by atoms with E-state index in [4.69, 9.17) is 4.98 Å². The van der Waals surface area contributed by atoms with Crippen molar-refractivity contribution in [1.82, 2.24) is 14.1 Å². The monoisotopic (exact) mass is 646 g/mol. The maximum Gasteiger partial charge on any atom is 0.416 e. The Hall–Kier alpha value is -6.08. The largest absolute Gasteiger partial charge is 0.416 e. The van der Waals surface area contributed by atoms with Crippen molar-refractivity contribution in [3.8, 4) is 28.7 Å². The van der Waals surface area contributed by atoms with Gasteiger partial charge in [-0.1, -0.05) is 36.4 Å². The molecule has 4 nitrogen and oxygen atoms in total. The van der Waals surface area contributed by atoms with Gasteiger partial charge in [-0.05, 0) is 78.9 Å². The van der Waals surface area contributed by atoms with Gasteiger partial charge >= 0.3 is 12.4 Å². The van der Waals surface area contributed by atoms with E-state index >= 15 is 0 Å². The van der Waals surface area contributed by atoms with Crippen molar-refractivity contribution in [2.45, 2.75) is 12.4 Å². The predicted octanol–water partition coefficient (Wildman–Crippen LogP) is 10.9. The predicted molar refractivity (Wildman–Crippen MR) is 173 cm³/mol. The zero-order valence-electron chi connectivity index (χ0n) is 24.6. The molecule has 0 saturated heterocycles. The Balaban J connectivity index is 1.45. The molecule has 0 unspecified atom stereocenters. The van der Waals surface area contributed by atoms with Gasteiger partial charge in [-0.25, -0.2) is 0 Å². The molecule has 0 atom stereocenters. The minimum atomic E-state index is -4.54. The first-order valence-corrected chi connectivity index (χ1v) is 14.8. The van der Waals surface area contributed by atoms with Crippen molar-refractivity contribution < 1.29 is 26.3 Å². The van der Waals surface area contributed by atoms with Crippen LogP contribution in [0, 0.1) is 11.3 Å². The lowest BCUT2D eigenvalue weighted by molar-refractivity contribution is -0.138. The van der Waals surface area contributed by atoms with Gasteiger partial charge in [-0.15, -0.1) is 0 Å². The maximum absolute atomic E-state index is 13.8. The molecule has 0 saturated carbocycles. The van der Waals surface area contributed by atoms with Crippen LogP contribution in [0.15, 0.2) is 121 Å². The molecule has 0 radical (unpaired) electrons. The lowest BCUT2D eigenvalue weighted by Crippen LogP contribution is -2.05. The molecule has 0 fully saturated rings. The van der Waals surface area contributed by atoms with Gasteiger partial charge in [0.15, 0.2) is 0 Å². The van der Waals surface area contributed by atoms with Gasteiger partial charge < -0.3 is 9.13 Å². The van der Waals surface area contributed by atoms with Gasteiger partial charge in [0.1, 0.15) is 0 Å². The summed E-state index contributed by atoms with van der Waals surface area (Å²) in [5.41, 5.74) is 3.13. The van der Waals surface area contributed by atoms with Crippen LogP contribution in [-0.2, 0) is 12.4 Å². The van der Waals surface area contributed by atoms with Crippen LogP contribution in [0.4, 0.5) is 26.3 Å². The SMILES string of the molecule is N#Cc1ccc(-n2c3ccccc3c3cc(C(F)(F)F)ccc32)c(-c2ncccc2-n2c3ccccc3c3cc(C(F)(F)F)ccc32)c1. The Labute approximate surface area is 268 Å². The molecule has 5 aromatic carbocycles. The Kier molecular flexibility index (Phi) is 6.40. The number of nitrogens with zero attached hydrogens (tertiary/aromatic N) is 4. The van der Waals surface area contributed by atoms with Crippen LogP contribution < -0.4 is 0 Å². The number of rotatable bonds is 3. The third-order valence-electron chi connectivity index (χ3n) is 8.65. The first-order valence-electron chi connectivity index (χ1n) is 14.8. The van der Waals surface area contributed by atoms with Gasteiger partial charge in [0.2, 0.25) is 0 Å². The lowest BCUT2D eigenvalue weighted by atomic mass is 10.0. The zero-order chi connectivity index (χ0) is 33.4. The van der Waals surface area contributed by atoms with E-state index < -0.39 is 23.5 Å². The molecule has 8 rings (SSSR count). The number of benzene rings is 5. The number of fused-ring (bicyclic) bond motifs is 6. The summed E-state index contributed by atoms with van der Waals surface area (Å²) in [6.07, 6.45) is -7.49. The Morgan fingerprint density at radius 2 is 1.04 bits per heavy atom. The summed E-state index contributed by atoms with van der Waals surface area (Å²) in [6.45, 7) is 0. The Morgan fingerprint density at radius 1 is 0.521 bits per heavy atom. The highest BCUT2D eigenvalue weighted by atomic mass is 19.4. The highest BCUT2D eigenvalue weighted by molar-refractivity contribution is 6.11. The fourth-order valence-electron chi connectivity index (χ4n) is 6.59. The summed E-state index contributed by atoms with van der Waals surface area (Å²) in [7, 11) is 0. The number of para-hydroxylation sites is 2. The van der Waals surface area contributed by atoms with Gasteiger partial charge in [0.25, 0.3) is 0 Å². The van der Waals surface area contributed by atoms with Crippen molar-refractivity contribution in [2.75, 3.05) is 0 Å². The highest BCUT2D eigenvalue weighted by Gasteiger charge is 2.32. The number of aromatic nitrogens is 3. The molecular weight excluding hydrogens is 626 g/mol. The normalized spacial score (nSPS) is 12.4. The molecule has 8 aromatic rings. The van der Waals surface area contributed by atoms with Gasteiger partial charge in [0.05, 0.1) is 61.9 Å². The molecular formula is C38H20F6N4. The van der Waals surface area contributed by atoms with E-state index in [1.807, 2.05) is 21.3 Å². The number of alkyl halides is 6.